The number of hydrogen-bond acceptors (Lipinski definition) is 2. The van der Waals surface area contributed by atoms with E-state index in [-0.39, 0.29) is 0 Å². The van der Waals surface area contributed by atoms with E-state index >= 15 is 0 Å². The predicted molar refractivity (Wildman–Crippen MR) is 42.2 cm³/mol. The molecule has 2 heterocycles. The minimum Gasteiger partial charge on any atom is -0.382 e. The van der Waals surface area contributed by atoms with Crippen LogP contribution in [-0.2, 0) is 12.0 Å². The second-order valence-corrected chi connectivity index (χ2v) is 3.71. The van der Waals surface area contributed by atoms with E-state index in [2.05, 4.69) is 9.78 Å². The van der Waals surface area contributed by atoms with Crippen molar-refractivity contribution < 1.29 is 0 Å². The van der Waals surface area contributed by atoms with Gasteiger partial charge in [-0.1, -0.05) is 0 Å². The fourth-order valence-corrected chi connectivity index (χ4v) is 2.14. The topological polar surface area (TPSA) is 43.8 Å². The van der Waals surface area contributed by atoms with Gasteiger partial charge in [-0.05, 0) is 19.3 Å². The first kappa shape index (κ1) is 5.63. The van der Waals surface area contributed by atoms with E-state index in [0.717, 1.165) is 6.54 Å². The van der Waals surface area contributed by atoms with Crippen molar-refractivity contribution in [1.82, 2.24) is 9.78 Å². The highest BCUT2D eigenvalue weighted by atomic mass is 15.3. The molecular formula is C8H11N3. The third kappa shape index (κ3) is 0.564. The zero-order chi connectivity index (χ0) is 7.47. The molecule has 11 heavy (non-hydrogen) atoms. The zero-order valence-electron chi connectivity index (χ0n) is 6.38. The molecular weight excluding hydrogens is 138 g/mol. The van der Waals surface area contributed by atoms with Gasteiger partial charge in [0.05, 0.1) is 0 Å². The van der Waals surface area contributed by atoms with Crippen LogP contribution in [-0.4, -0.2) is 9.78 Å². The summed E-state index contributed by atoms with van der Waals surface area (Å²) in [6.45, 7) is 1.08. The largest absolute Gasteiger partial charge is 0.382 e. The van der Waals surface area contributed by atoms with Gasteiger partial charge in [0.1, 0.15) is 5.82 Å². The molecule has 1 spiro atoms. The van der Waals surface area contributed by atoms with Gasteiger partial charge in [0.25, 0.3) is 0 Å². The Hall–Kier alpha value is -0.990. The van der Waals surface area contributed by atoms with E-state index in [1.54, 1.807) is 0 Å². The van der Waals surface area contributed by atoms with E-state index < -0.39 is 0 Å². The van der Waals surface area contributed by atoms with Crippen LogP contribution in [0.3, 0.4) is 0 Å². The van der Waals surface area contributed by atoms with Crippen LogP contribution >= 0.6 is 0 Å². The molecule has 1 aromatic rings. The lowest BCUT2D eigenvalue weighted by atomic mass is 10.0. The summed E-state index contributed by atoms with van der Waals surface area (Å²) in [6, 6.07) is 2.04. The molecule has 1 aliphatic heterocycles. The van der Waals surface area contributed by atoms with Crippen molar-refractivity contribution in [3.05, 3.63) is 11.8 Å². The lowest BCUT2D eigenvalue weighted by molar-refractivity contribution is 0.628. The first-order valence-corrected chi connectivity index (χ1v) is 4.14. The van der Waals surface area contributed by atoms with Crippen LogP contribution in [0.15, 0.2) is 6.07 Å². The third-order valence-electron chi connectivity index (χ3n) is 3.00. The second-order valence-electron chi connectivity index (χ2n) is 3.71. The van der Waals surface area contributed by atoms with Crippen LogP contribution in [0.4, 0.5) is 5.82 Å². The summed E-state index contributed by atoms with van der Waals surface area (Å²) in [5.41, 5.74) is 7.51. The van der Waals surface area contributed by atoms with Crippen molar-refractivity contribution >= 4 is 5.82 Å². The quantitative estimate of drug-likeness (QED) is 0.595. The number of aromatic nitrogens is 2. The van der Waals surface area contributed by atoms with Gasteiger partial charge in [0.15, 0.2) is 0 Å². The molecule has 0 bridgehead atoms. The molecule has 0 amide bonds. The summed E-state index contributed by atoms with van der Waals surface area (Å²) >= 11 is 0. The van der Waals surface area contributed by atoms with E-state index in [1.807, 2.05) is 6.07 Å². The van der Waals surface area contributed by atoms with Gasteiger partial charge in [-0.3, -0.25) is 4.68 Å². The molecule has 1 aromatic heterocycles. The molecule has 0 aromatic carbocycles. The Balaban J connectivity index is 2.19. The minimum atomic E-state index is 0.518. The number of rotatable bonds is 0. The molecule has 0 saturated heterocycles. The first-order valence-electron chi connectivity index (χ1n) is 4.14. The van der Waals surface area contributed by atoms with Crippen LogP contribution in [0.2, 0.25) is 0 Å². The smallest absolute Gasteiger partial charge is 0.145 e. The second kappa shape index (κ2) is 1.44. The average molecular weight is 149 g/mol. The van der Waals surface area contributed by atoms with Crippen LogP contribution < -0.4 is 5.73 Å². The number of nitrogen functional groups attached to an aromatic ring is 1. The molecule has 2 aliphatic rings. The van der Waals surface area contributed by atoms with Crippen molar-refractivity contribution in [3.8, 4) is 0 Å². The molecule has 1 aliphatic carbocycles. The van der Waals surface area contributed by atoms with Crippen molar-refractivity contribution in [3.63, 3.8) is 0 Å². The highest BCUT2D eigenvalue weighted by Crippen LogP contribution is 2.54. The molecule has 3 rings (SSSR count). The maximum Gasteiger partial charge on any atom is 0.145 e. The Morgan fingerprint density at radius 3 is 3.00 bits per heavy atom. The molecule has 2 N–H and O–H groups in total. The molecule has 58 valence electrons. The van der Waals surface area contributed by atoms with Crippen LogP contribution in [0.1, 0.15) is 25.0 Å². The average Bonchev–Trinajstić information content (AvgIpc) is 2.57. The molecule has 0 atom stereocenters. The number of nitrogens with two attached hydrogens (primary N) is 1. The Labute approximate surface area is 65.2 Å². The van der Waals surface area contributed by atoms with Crippen molar-refractivity contribution in [2.45, 2.75) is 31.2 Å². The molecule has 3 heteroatoms. The lowest BCUT2D eigenvalue weighted by Gasteiger charge is -2.00. The Morgan fingerprint density at radius 1 is 1.45 bits per heavy atom. The minimum absolute atomic E-state index is 0.518. The maximum atomic E-state index is 5.61. The number of anilines is 1. The molecule has 1 saturated carbocycles. The van der Waals surface area contributed by atoms with E-state index in [4.69, 9.17) is 5.73 Å². The summed E-state index contributed by atoms with van der Waals surface area (Å²) in [4.78, 5) is 0. The van der Waals surface area contributed by atoms with E-state index in [0.29, 0.717) is 11.2 Å². The van der Waals surface area contributed by atoms with Crippen molar-refractivity contribution in [2.75, 3.05) is 5.73 Å². The van der Waals surface area contributed by atoms with Gasteiger partial charge in [0.2, 0.25) is 0 Å². The van der Waals surface area contributed by atoms with Crippen LogP contribution in [0.5, 0.6) is 0 Å². The Kier molecular flexibility index (Phi) is 0.739. The van der Waals surface area contributed by atoms with Crippen LogP contribution in [0, 0.1) is 0 Å². The number of aryl methyl sites for hydroxylation is 1. The summed E-state index contributed by atoms with van der Waals surface area (Å²) in [5.74, 6) is 0.686. The maximum absolute atomic E-state index is 5.61. The third-order valence-corrected chi connectivity index (χ3v) is 3.00. The Morgan fingerprint density at radius 2 is 2.27 bits per heavy atom. The fraction of sp³-hybridized carbons (Fsp3) is 0.625. The van der Waals surface area contributed by atoms with Gasteiger partial charge in [-0.25, -0.2) is 0 Å². The van der Waals surface area contributed by atoms with Gasteiger partial charge in [-0.15, -0.1) is 0 Å². The van der Waals surface area contributed by atoms with Crippen molar-refractivity contribution in [1.29, 1.82) is 0 Å². The summed E-state index contributed by atoms with van der Waals surface area (Å²) < 4.78 is 2.07. The van der Waals surface area contributed by atoms with Crippen LogP contribution in [0.25, 0.3) is 0 Å². The monoisotopic (exact) mass is 149 g/mol. The van der Waals surface area contributed by atoms with E-state index in [9.17, 15) is 0 Å². The summed E-state index contributed by atoms with van der Waals surface area (Å²) in [7, 11) is 0. The standard InChI is InChI=1S/C8H11N3/c9-7-5-6-8(1-2-8)3-4-11(6)10-7/h5H,1-4H2,(H2,9,10). The number of hydrogen-bond donors (Lipinski definition) is 1. The van der Waals surface area contributed by atoms with Gasteiger partial charge in [0, 0.05) is 23.7 Å². The highest BCUT2D eigenvalue weighted by molar-refractivity contribution is 5.38. The highest BCUT2D eigenvalue weighted by Gasteiger charge is 2.49. The van der Waals surface area contributed by atoms with Crippen molar-refractivity contribution in [2.24, 2.45) is 0 Å². The molecule has 1 fully saturated rings. The molecule has 0 radical (unpaired) electrons. The zero-order valence-corrected chi connectivity index (χ0v) is 6.38. The first-order chi connectivity index (χ1) is 5.30. The van der Waals surface area contributed by atoms with Gasteiger partial charge >= 0.3 is 0 Å². The SMILES string of the molecule is Nc1cc2n(n1)CCC21CC1. The molecule has 0 unspecified atom stereocenters. The summed E-state index contributed by atoms with van der Waals surface area (Å²) in [6.07, 6.45) is 3.98. The predicted octanol–water partition coefficient (Wildman–Crippen LogP) is 0.901. The van der Waals surface area contributed by atoms with Gasteiger partial charge in [-0.2, -0.15) is 5.10 Å². The Bertz CT molecular complexity index is 309. The number of fused-ring (bicyclic) bond motifs is 2. The summed E-state index contributed by atoms with van der Waals surface area (Å²) in [5, 5.41) is 4.22. The number of nitrogens with zero attached hydrogens (tertiary/aromatic N) is 2. The molecule has 3 nitrogen and oxygen atoms in total. The normalized spacial score (nSPS) is 24.0. The van der Waals surface area contributed by atoms with E-state index in [1.165, 1.54) is 25.0 Å². The lowest BCUT2D eigenvalue weighted by Crippen LogP contribution is -1.99. The van der Waals surface area contributed by atoms with Gasteiger partial charge < -0.3 is 5.73 Å². The fourth-order valence-electron chi connectivity index (χ4n) is 2.14.